The number of nitrogens with two attached hydrogens (primary N) is 1. The van der Waals surface area contributed by atoms with E-state index in [4.69, 9.17) is 25.3 Å². The van der Waals surface area contributed by atoms with E-state index in [1.54, 1.807) is 24.7 Å². The Balaban J connectivity index is 1.40. The highest BCUT2D eigenvalue weighted by atomic mass is 32.1. The number of fused-ring (bicyclic) bond motifs is 5. The monoisotopic (exact) mass is 633 g/mol. The van der Waals surface area contributed by atoms with Crippen LogP contribution in [0.2, 0.25) is 0 Å². The molecule has 0 saturated carbocycles. The standard InChI is InChI=1S/C32H40FN9O2S/c1-17(25-21(33)10-13-40(25)4)42-30-20(15-36-42)29(41(5)16-31(2,3)43)37-28(38-30)24-18-8-6-11-32(26(18)44-39-24)12-7-9-22-23(32)19(14-34)27(35)45-22/h15,17,21,25,43H,6-13,16,35H2,1-5H3. The van der Waals surface area contributed by atoms with Gasteiger partial charge in [0.15, 0.2) is 22.9 Å². The summed E-state index contributed by atoms with van der Waals surface area (Å²) in [5, 5.41) is 31.4. The summed E-state index contributed by atoms with van der Waals surface area (Å²) >= 11 is 1.52. The number of nitrogen functional groups attached to an aromatic ring is 1. The molecule has 1 aliphatic heterocycles. The van der Waals surface area contributed by atoms with Crippen LogP contribution in [0.15, 0.2) is 10.7 Å². The number of hydrogen-bond donors (Lipinski definition) is 2. The molecule has 1 fully saturated rings. The molecular formula is C32H40FN9O2S. The Bertz CT molecular complexity index is 1800. The minimum atomic E-state index is -0.984. The van der Waals surface area contributed by atoms with Crippen molar-refractivity contribution in [2.75, 3.05) is 37.8 Å². The quantitative estimate of drug-likeness (QED) is 0.305. The van der Waals surface area contributed by atoms with Crippen LogP contribution in [-0.2, 0) is 18.3 Å². The van der Waals surface area contributed by atoms with Gasteiger partial charge in [0.2, 0.25) is 0 Å². The number of aliphatic hydroxyl groups is 1. The Morgan fingerprint density at radius 1 is 1.31 bits per heavy atom. The summed E-state index contributed by atoms with van der Waals surface area (Å²) in [5.74, 6) is 1.78. The summed E-state index contributed by atoms with van der Waals surface area (Å²) in [6, 6.07) is 1.75. The molecule has 11 nitrogen and oxygen atoms in total. The summed E-state index contributed by atoms with van der Waals surface area (Å²) in [6.45, 7) is 6.49. The van der Waals surface area contributed by atoms with Gasteiger partial charge in [0.05, 0.1) is 40.2 Å². The van der Waals surface area contributed by atoms with Gasteiger partial charge in [0.1, 0.15) is 23.1 Å². The molecule has 0 amide bonds. The van der Waals surface area contributed by atoms with E-state index in [-0.39, 0.29) is 12.1 Å². The molecule has 3 aliphatic rings. The summed E-state index contributed by atoms with van der Waals surface area (Å²) in [5.41, 5.74) is 8.58. The first-order valence-corrected chi connectivity index (χ1v) is 16.6. The third kappa shape index (κ3) is 4.72. The van der Waals surface area contributed by atoms with E-state index in [2.05, 4.69) is 11.2 Å². The number of aromatic nitrogens is 5. The maximum Gasteiger partial charge on any atom is 0.186 e. The van der Waals surface area contributed by atoms with Gasteiger partial charge in [0.25, 0.3) is 0 Å². The number of alkyl halides is 1. The average Bonchev–Trinajstić information content (AvgIpc) is 3.76. The van der Waals surface area contributed by atoms with E-state index in [9.17, 15) is 10.4 Å². The van der Waals surface area contributed by atoms with Gasteiger partial charge in [-0.05, 0) is 78.3 Å². The first-order valence-electron chi connectivity index (χ1n) is 15.8. The van der Waals surface area contributed by atoms with Crippen molar-refractivity contribution in [2.24, 2.45) is 0 Å². The lowest BCUT2D eigenvalue weighted by molar-refractivity contribution is 0.0885. The van der Waals surface area contributed by atoms with E-state index in [1.165, 1.54) is 11.3 Å². The van der Waals surface area contributed by atoms with Gasteiger partial charge in [-0.1, -0.05) is 5.16 Å². The molecule has 4 aromatic heterocycles. The molecular weight excluding hydrogens is 593 g/mol. The van der Waals surface area contributed by atoms with Crippen molar-refractivity contribution in [3.63, 3.8) is 0 Å². The molecule has 5 heterocycles. The van der Waals surface area contributed by atoms with Crippen LogP contribution in [0.4, 0.5) is 15.2 Å². The minimum absolute atomic E-state index is 0.288. The van der Waals surface area contributed by atoms with Crippen LogP contribution in [0.1, 0.15) is 86.2 Å². The number of halogens is 1. The van der Waals surface area contributed by atoms with Crippen LogP contribution in [0.3, 0.4) is 0 Å². The molecule has 13 heteroatoms. The highest BCUT2D eigenvalue weighted by Gasteiger charge is 2.49. The van der Waals surface area contributed by atoms with E-state index < -0.39 is 17.2 Å². The number of nitriles is 1. The van der Waals surface area contributed by atoms with Crippen molar-refractivity contribution in [3.05, 3.63) is 33.5 Å². The highest BCUT2D eigenvalue weighted by Crippen LogP contribution is 2.55. The molecule has 7 rings (SSSR count). The molecule has 1 spiro atoms. The molecule has 4 unspecified atom stereocenters. The van der Waals surface area contributed by atoms with E-state index >= 15 is 4.39 Å². The lowest BCUT2D eigenvalue weighted by Gasteiger charge is -2.39. The number of rotatable bonds is 6. The topological polar surface area (TPSA) is 146 Å². The van der Waals surface area contributed by atoms with Crippen molar-refractivity contribution >= 4 is 33.2 Å². The van der Waals surface area contributed by atoms with Crippen molar-refractivity contribution in [3.8, 4) is 17.6 Å². The molecule has 0 bridgehead atoms. The molecule has 4 aromatic rings. The smallest absolute Gasteiger partial charge is 0.186 e. The molecule has 45 heavy (non-hydrogen) atoms. The predicted molar refractivity (Wildman–Crippen MR) is 171 cm³/mol. The van der Waals surface area contributed by atoms with Gasteiger partial charge >= 0.3 is 0 Å². The third-order valence-corrected chi connectivity index (χ3v) is 11.1. The van der Waals surface area contributed by atoms with Crippen molar-refractivity contribution in [1.82, 2.24) is 29.8 Å². The molecule has 238 valence electrons. The SMILES string of the molecule is CC(C1C(F)CCN1C)n1ncc2c(N(C)CC(C)(C)O)nc(-c3noc4c3CCCC43CCCc4sc(N)c(C#N)c43)nc21. The Kier molecular flexibility index (Phi) is 7.18. The largest absolute Gasteiger partial charge is 0.389 e. The van der Waals surface area contributed by atoms with Gasteiger partial charge in [0, 0.05) is 30.6 Å². The van der Waals surface area contributed by atoms with Gasteiger partial charge in [-0.15, -0.1) is 11.3 Å². The van der Waals surface area contributed by atoms with Crippen LogP contribution in [0, 0.1) is 11.3 Å². The summed E-state index contributed by atoms with van der Waals surface area (Å²) in [7, 11) is 3.83. The molecule has 3 N–H and O–H groups in total. The minimum Gasteiger partial charge on any atom is -0.389 e. The summed E-state index contributed by atoms with van der Waals surface area (Å²) < 4.78 is 23.2. The second-order valence-corrected chi connectivity index (χ2v) is 14.9. The number of aryl methyl sites for hydroxylation is 1. The van der Waals surface area contributed by atoms with Gasteiger partial charge < -0.3 is 20.3 Å². The molecule has 2 aliphatic carbocycles. The Morgan fingerprint density at radius 3 is 2.76 bits per heavy atom. The normalized spacial score (nSPS) is 24.1. The average molecular weight is 634 g/mol. The fourth-order valence-electron chi connectivity index (χ4n) is 8.22. The fraction of sp³-hybridized carbons (Fsp3) is 0.594. The van der Waals surface area contributed by atoms with E-state index in [0.29, 0.717) is 58.4 Å². The Morgan fingerprint density at radius 2 is 2.07 bits per heavy atom. The maximum atomic E-state index is 15.1. The first kappa shape index (κ1) is 30.1. The molecule has 0 radical (unpaired) electrons. The number of likely N-dealkylation sites (N-methyl/N-ethyl adjacent to an activating group) is 2. The van der Waals surface area contributed by atoms with Gasteiger partial charge in [-0.2, -0.15) is 10.4 Å². The second kappa shape index (κ2) is 10.7. The van der Waals surface area contributed by atoms with Crippen molar-refractivity contribution in [2.45, 2.75) is 95.0 Å². The number of thiophene rings is 1. The first-order chi connectivity index (χ1) is 21.4. The number of nitrogens with zero attached hydrogens (tertiary/aromatic N) is 8. The number of hydrogen-bond acceptors (Lipinski definition) is 11. The molecule has 1 saturated heterocycles. The van der Waals surface area contributed by atoms with E-state index in [0.717, 1.165) is 60.3 Å². The van der Waals surface area contributed by atoms with Crippen molar-refractivity contribution < 1.29 is 14.0 Å². The Hall–Kier alpha value is -3.60. The lowest BCUT2D eigenvalue weighted by Crippen LogP contribution is -2.38. The Labute approximate surface area is 265 Å². The van der Waals surface area contributed by atoms with Crippen LogP contribution < -0.4 is 10.6 Å². The molecule has 0 aromatic carbocycles. The molecule has 4 atom stereocenters. The van der Waals surface area contributed by atoms with Crippen LogP contribution in [0.25, 0.3) is 22.6 Å². The van der Waals surface area contributed by atoms with Crippen LogP contribution in [-0.4, -0.2) is 79.9 Å². The number of likely N-dealkylation sites (tertiary alicyclic amines) is 1. The zero-order valence-electron chi connectivity index (χ0n) is 26.5. The van der Waals surface area contributed by atoms with Crippen LogP contribution in [0.5, 0.6) is 0 Å². The zero-order chi connectivity index (χ0) is 31.8. The zero-order valence-corrected chi connectivity index (χ0v) is 27.3. The fourth-order valence-corrected chi connectivity index (χ4v) is 9.38. The lowest BCUT2D eigenvalue weighted by atomic mass is 9.63. The predicted octanol–water partition coefficient (Wildman–Crippen LogP) is 4.77. The van der Waals surface area contributed by atoms with E-state index in [1.807, 2.05) is 30.8 Å². The van der Waals surface area contributed by atoms with Gasteiger partial charge in [-0.3, -0.25) is 4.90 Å². The highest BCUT2D eigenvalue weighted by molar-refractivity contribution is 7.16. The summed E-state index contributed by atoms with van der Waals surface area (Å²) in [6.07, 6.45) is 6.49. The summed E-state index contributed by atoms with van der Waals surface area (Å²) in [4.78, 5) is 15.2. The van der Waals surface area contributed by atoms with Crippen LogP contribution >= 0.6 is 11.3 Å². The third-order valence-electron chi connectivity index (χ3n) is 10.0. The second-order valence-electron chi connectivity index (χ2n) is 13.8. The van der Waals surface area contributed by atoms with Gasteiger partial charge in [-0.25, -0.2) is 19.0 Å². The van der Waals surface area contributed by atoms with Crippen molar-refractivity contribution in [1.29, 1.82) is 5.26 Å². The maximum absolute atomic E-state index is 15.1. The number of anilines is 2.